The minimum atomic E-state index is -0.156. The first-order valence-electron chi connectivity index (χ1n) is 9.46. The van der Waals surface area contributed by atoms with E-state index in [1.165, 1.54) is 24.0 Å². The third-order valence-electron chi connectivity index (χ3n) is 5.40. The largest absolute Gasteiger partial charge is 0.496 e. The molecule has 0 radical (unpaired) electrons. The van der Waals surface area contributed by atoms with E-state index in [2.05, 4.69) is 33.6 Å². The third-order valence-corrected chi connectivity index (χ3v) is 6.24. The van der Waals surface area contributed by atoms with Crippen molar-refractivity contribution in [2.45, 2.75) is 25.7 Å². The van der Waals surface area contributed by atoms with E-state index in [4.69, 9.17) is 9.47 Å². The van der Waals surface area contributed by atoms with Crippen LogP contribution in [0.3, 0.4) is 0 Å². The van der Waals surface area contributed by atoms with Crippen molar-refractivity contribution < 1.29 is 13.9 Å². The van der Waals surface area contributed by atoms with Gasteiger partial charge in [0.1, 0.15) is 17.3 Å². The molecule has 1 fully saturated rings. The van der Waals surface area contributed by atoms with Gasteiger partial charge in [0.15, 0.2) is 0 Å². The molecule has 1 heterocycles. The van der Waals surface area contributed by atoms with Gasteiger partial charge in [-0.3, -0.25) is 0 Å². The molecule has 27 heavy (non-hydrogen) atoms. The Hall–Kier alpha value is -1.34. The highest BCUT2D eigenvalue weighted by atomic mass is 127. The minimum absolute atomic E-state index is 0.156. The molecule has 0 N–H and O–H groups in total. The van der Waals surface area contributed by atoms with Crippen LogP contribution in [0.15, 0.2) is 36.4 Å². The Morgan fingerprint density at radius 2 is 1.70 bits per heavy atom. The molecule has 0 saturated carbocycles. The van der Waals surface area contributed by atoms with Crippen molar-refractivity contribution in [2.24, 2.45) is 5.92 Å². The monoisotopic (exact) mass is 483 g/mol. The molecule has 3 nitrogen and oxygen atoms in total. The van der Waals surface area contributed by atoms with E-state index in [9.17, 15) is 4.39 Å². The number of ether oxygens (including phenoxy) is 2. The van der Waals surface area contributed by atoms with Gasteiger partial charge in [0.2, 0.25) is 0 Å². The van der Waals surface area contributed by atoms with E-state index in [1.54, 1.807) is 26.4 Å². The van der Waals surface area contributed by atoms with Crippen LogP contribution in [0, 0.1) is 15.3 Å². The molecule has 1 aliphatic rings. The molecule has 0 aromatic heterocycles. The van der Waals surface area contributed by atoms with Gasteiger partial charge < -0.3 is 14.4 Å². The van der Waals surface area contributed by atoms with Crippen LogP contribution < -0.4 is 9.47 Å². The van der Waals surface area contributed by atoms with Gasteiger partial charge in [0.25, 0.3) is 0 Å². The first-order valence-corrected chi connectivity index (χ1v) is 10.5. The Morgan fingerprint density at radius 3 is 2.33 bits per heavy atom. The highest BCUT2D eigenvalue weighted by Crippen LogP contribution is 2.30. The fraction of sp³-hybridized carbons (Fsp3) is 0.455. The summed E-state index contributed by atoms with van der Waals surface area (Å²) in [7, 11) is 3.43. The number of piperidine rings is 1. The lowest BCUT2D eigenvalue weighted by Gasteiger charge is -2.32. The number of hydrogen-bond acceptors (Lipinski definition) is 3. The predicted octanol–water partition coefficient (Wildman–Crippen LogP) is 4.94. The number of methoxy groups -OCH3 is 2. The summed E-state index contributed by atoms with van der Waals surface area (Å²) in [6.45, 7) is 3.27. The molecule has 1 saturated heterocycles. The van der Waals surface area contributed by atoms with E-state index >= 15 is 0 Å². The van der Waals surface area contributed by atoms with E-state index in [-0.39, 0.29) is 5.82 Å². The van der Waals surface area contributed by atoms with E-state index in [0.29, 0.717) is 5.92 Å². The molecule has 3 rings (SSSR count). The zero-order valence-electron chi connectivity index (χ0n) is 16.0. The number of nitrogens with zero attached hydrogens (tertiary/aromatic N) is 1. The summed E-state index contributed by atoms with van der Waals surface area (Å²) in [4.78, 5) is 2.53. The number of likely N-dealkylation sites (tertiary alicyclic amines) is 1. The molecule has 0 amide bonds. The molecule has 0 aliphatic carbocycles. The topological polar surface area (TPSA) is 21.7 Å². The van der Waals surface area contributed by atoms with Crippen molar-refractivity contribution in [3.05, 3.63) is 56.9 Å². The number of halogens is 2. The number of hydrogen-bond donors (Lipinski definition) is 0. The Bertz CT molecular complexity index is 743. The summed E-state index contributed by atoms with van der Waals surface area (Å²) in [6.07, 6.45) is 4.41. The van der Waals surface area contributed by atoms with Crippen molar-refractivity contribution in [1.82, 2.24) is 4.90 Å². The van der Waals surface area contributed by atoms with Crippen molar-refractivity contribution >= 4 is 22.6 Å². The Morgan fingerprint density at radius 1 is 1.04 bits per heavy atom. The fourth-order valence-electron chi connectivity index (χ4n) is 3.77. The summed E-state index contributed by atoms with van der Waals surface area (Å²) in [6, 6.07) is 11.1. The molecule has 146 valence electrons. The highest BCUT2D eigenvalue weighted by Gasteiger charge is 2.20. The summed E-state index contributed by atoms with van der Waals surface area (Å²) in [5.41, 5.74) is 2.44. The molecule has 2 aromatic rings. The molecule has 0 unspecified atom stereocenters. The molecule has 0 bridgehead atoms. The normalized spacial score (nSPS) is 15.7. The van der Waals surface area contributed by atoms with Crippen molar-refractivity contribution in [1.29, 1.82) is 0 Å². The third kappa shape index (κ3) is 5.57. The van der Waals surface area contributed by atoms with Gasteiger partial charge in [-0.05, 0) is 103 Å². The summed E-state index contributed by atoms with van der Waals surface area (Å²) in [5.74, 6) is 2.38. The van der Waals surface area contributed by atoms with Crippen LogP contribution in [0.4, 0.5) is 4.39 Å². The lowest BCUT2D eigenvalue weighted by molar-refractivity contribution is 0.185. The van der Waals surface area contributed by atoms with Gasteiger partial charge in [-0.15, -0.1) is 0 Å². The smallest absolute Gasteiger partial charge is 0.132 e. The SMILES string of the molecule is COc1cc(CCN2CCC(Cc3ccc(F)cc3)CC2)c(OC)cc1I. The van der Waals surface area contributed by atoms with Crippen LogP contribution in [-0.2, 0) is 12.8 Å². The average molecular weight is 483 g/mol. The molecule has 2 aromatic carbocycles. The second-order valence-electron chi connectivity index (χ2n) is 7.16. The van der Waals surface area contributed by atoms with Crippen LogP contribution >= 0.6 is 22.6 Å². The first kappa shape index (κ1) is 20.4. The average Bonchev–Trinajstić information content (AvgIpc) is 2.69. The van der Waals surface area contributed by atoms with Crippen LogP contribution in [0.1, 0.15) is 24.0 Å². The van der Waals surface area contributed by atoms with Gasteiger partial charge in [-0.25, -0.2) is 4.39 Å². The van der Waals surface area contributed by atoms with Crippen molar-refractivity contribution in [3.63, 3.8) is 0 Å². The molecule has 1 aliphatic heterocycles. The second-order valence-corrected chi connectivity index (χ2v) is 8.33. The molecular weight excluding hydrogens is 456 g/mol. The molecule has 5 heteroatoms. The number of benzene rings is 2. The predicted molar refractivity (Wildman–Crippen MR) is 115 cm³/mol. The minimum Gasteiger partial charge on any atom is -0.496 e. The van der Waals surface area contributed by atoms with Gasteiger partial charge in [-0.1, -0.05) is 12.1 Å². The second kappa shape index (κ2) is 9.73. The van der Waals surface area contributed by atoms with Crippen molar-refractivity contribution in [2.75, 3.05) is 33.9 Å². The highest BCUT2D eigenvalue weighted by molar-refractivity contribution is 14.1. The van der Waals surface area contributed by atoms with Crippen LogP contribution in [0.5, 0.6) is 11.5 Å². The maximum atomic E-state index is 13.0. The van der Waals surface area contributed by atoms with Crippen LogP contribution in [0.2, 0.25) is 0 Å². The Labute approximate surface area is 175 Å². The lowest BCUT2D eigenvalue weighted by Crippen LogP contribution is -2.35. The Kier molecular flexibility index (Phi) is 7.35. The quantitative estimate of drug-likeness (QED) is 0.521. The van der Waals surface area contributed by atoms with Gasteiger partial charge in [0.05, 0.1) is 17.8 Å². The molecule has 0 spiro atoms. The van der Waals surface area contributed by atoms with Gasteiger partial charge >= 0.3 is 0 Å². The Balaban J connectivity index is 1.50. The van der Waals surface area contributed by atoms with Gasteiger partial charge in [0, 0.05) is 6.54 Å². The van der Waals surface area contributed by atoms with Crippen LogP contribution in [0.25, 0.3) is 0 Å². The standard InChI is InChI=1S/C22H27FINO2/c1-26-21-15-20(24)22(27-2)14-18(21)9-12-25-10-7-17(8-11-25)13-16-3-5-19(23)6-4-16/h3-6,14-15,17H,7-13H2,1-2H3. The molecule has 0 atom stereocenters. The number of rotatable bonds is 7. The fourth-order valence-corrected chi connectivity index (χ4v) is 4.42. The maximum Gasteiger partial charge on any atom is 0.132 e. The van der Waals surface area contributed by atoms with E-state index < -0.39 is 0 Å². The van der Waals surface area contributed by atoms with Gasteiger partial charge in [-0.2, -0.15) is 0 Å². The first-order chi connectivity index (χ1) is 13.1. The summed E-state index contributed by atoms with van der Waals surface area (Å²) < 4.78 is 25.1. The van der Waals surface area contributed by atoms with Crippen molar-refractivity contribution in [3.8, 4) is 11.5 Å². The zero-order chi connectivity index (χ0) is 19.2. The lowest BCUT2D eigenvalue weighted by atomic mass is 9.90. The maximum absolute atomic E-state index is 13.0. The zero-order valence-corrected chi connectivity index (χ0v) is 18.2. The molecular formula is C22H27FINO2. The van der Waals surface area contributed by atoms with E-state index in [1.807, 2.05) is 18.2 Å². The van der Waals surface area contributed by atoms with E-state index in [0.717, 1.165) is 47.5 Å². The van der Waals surface area contributed by atoms with Crippen LogP contribution in [-0.4, -0.2) is 38.8 Å². The summed E-state index contributed by atoms with van der Waals surface area (Å²) in [5, 5.41) is 0. The summed E-state index contributed by atoms with van der Waals surface area (Å²) >= 11 is 2.27.